The molecule has 1 atom stereocenters. The molecule has 2 rings (SSSR count). The molecule has 112 valence electrons. The van der Waals surface area contributed by atoms with Crippen LogP contribution in [0.2, 0.25) is 0 Å². The summed E-state index contributed by atoms with van der Waals surface area (Å²) in [6.07, 6.45) is 2.83. The van der Waals surface area contributed by atoms with E-state index >= 15 is 0 Å². The van der Waals surface area contributed by atoms with Crippen molar-refractivity contribution in [2.24, 2.45) is 0 Å². The van der Waals surface area contributed by atoms with Crippen molar-refractivity contribution >= 4 is 5.91 Å². The van der Waals surface area contributed by atoms with Gasteiger partial charge in [0.25, 0.3) is 0 Å². The quantitative estimate of drug-likeness (QED) is 0.787. The van der Waals surface area contributed by atoms with Gasteiger partial charge < -0.3 is 14.9 Å². The third kappa shape index (κ3) is 4.64. The summed E-state index contributed by atoms with van der Waals surface area (Å²) in [5.41, 5.74) is 0.633. The lowest BCUT2D eigenvalue weighted by atomic mass is 10.2. The van der Waals surface area contributed by atoms with E-state index in [1.54, 1.807) is 12.3 Å². The lowest BCUT2D eigenvalue weighted by Gasteiger charge is -2.11. The van der Waals surface area contributed by atoms with Gasteiger partial charge in [-0.3, -0.25) is 9.78 Å². The van der Waals surface area contributed by atoms with Crippen molar-refractivity contribution in [1.29, 1.82) is 0 Å². The van der Waals surface area contributed by atoms with E-state index in [4.69, 9.17) is 9.63 Å². The van der Waals surface area contributed by atoms with Gasteiger partial charge in [-0.15, -0.1) is 0 Å². The fourth-order valence-corrected chi connectivity index (χ4v) is 1.79. The van der Waals surface area contributed by atoms with Gasteiger partial charge in [0.15, 0.2) is 0 Å². The van der Waals surface area contributed by atoms with Crippen LogP contribution in [0, 0.1) is 0 Å². The van der Waals surface area contributed by atoms with Crippen molar-refractivity contribution in [2.75, 3.05) is 6.61 Å². The number of pyridine rings is 1. The van der Waals surface area contributed by atoms with E-state index in [1.807, 2.05) is 19.1 Å². The third-order valence-electron chi connectivity index (χ3n) is 2.90. The number of rotatable bonds is 7. The Bertz CT molecular complexity index is 571. The smallest absolute Gasteiger partial charge is 0.227 e. The Labute approximate surface area is 122 Å². The van der Waals surface area contributed by atoms with Gasteiger partial charge in [0.05, 0.1) is 0 Å². The molecule has 0 aliphatic heterocycles. The van der Waals surface area contributed by atoms with Gasteiger partial charge >= 0.3 is 0 Å². The average Bonchev–Trinajstić information content (AvgIpc) is 2.95. The molecule has 2 heterocycles. The molecule has 0 spiro atoms. The topological polar surface area (TPSA) is 101 Å². The van der Waals surface area contributed by atoms with Crippen LogP contribution in [-0.2, 0) is 11.2 Å². The number of hydrogen-bond donors (Lipinski definition) is 2. The fourth-order valence-electron chi connectivity index (χ4n) is 1.79. The molecule has 21 heavy (non-hydrogen) atoms. The molecule has 1 unspecified atom stereocenters. The minimum Gasteiger partial charge on any atom is -0.396 e. The molecule has 0 aromatic carbocycles. The minimum absolute atomic E-state index is 0.0470. The molecule has 0 bridgehead atoms. The lowest BCUT2D eigenvalue weighted by molar-refractivity contribution is -0.121. The second-order valence-electron chi connectivity index (χ2n) is 4.71. The molecule has 1 amide bonds. The molecular formula is C14H18N4O3. The molecule has 2 aromatic heterocycles. The monoisotopic (exact) mass is 290 g/mol. The normalized spacial score (nSPS) is 12.1. The van der Waals surface area contributed by atoms with Crippen molar-refractivity contribution in [3.05, 3.63) is 30.3 Å². The number of aliphatic hydroxyl groups is 1. The highest BCUT2D eigenvalue weighted by Crippen LogP contribution is 2.12. The van der Waals surface area contributed by atoms with Gasteiger partial charge in [0.2, 0.25) is 17.6 Å². The second kappa shape index (κ2) is 7.49. The first-order chi connectivity index (χ1) is 10.2. The van der Waals surface area contributed by atoms with Crippen molar-refractivity contribution in [3.63, 3.8) is 0 Å². The van der Waals surface area contributed by atoms with E-state index in [2.05, 4.69) is 20.4 Å². The number of aliphatic hydroxyl groups excluding tert-OH is 1. The lowest BCUT2D eigenvalue weighted by Crippen LogP contribution is -2.33. The van der Waals surface area contributed by atoms with E-state index in [0.29, 0.717) is 30.3 Å². The Morgan fingerprint density at radius 1 is 1.48 bits per heavy atom. The summed E-state index contributed by atoms with van der Waals surface area (Å²) < 4.78 is 5.10. The molecule has 2 N–H and O–H groups in total. The Kier molecular flexibility index (Phi) is 5.39. The summed E-state index contributed by atoms with van der Waals surface area (Å²) in [7, 11) is 0. The number of aryl methyl sites for hydroxylation is 1. The van der Waals surface area contributed by atoms with Crippen LogP contribution in [-0.4, -0.2) is 38.8 Å². The third-order valence-corrected chi connectivity index (χ3v) is 2.90. The summed E-state index contributed by atoms with van der Waals surface area (Å²) in [5, 5.41) is 15.4. The van der Waals surface area contributed by atoms with Gasteiger partial charge in [-0.25, -0.2) is 0 Å². The summed E-state index contributed by atoms with van der Waals surface area (Å²) in [6.45, 7) is 1.90. The van der Waals surface area contributed by atoms with E-state index < -0.39 is 0 Å². The van der Waals surface area contributed by atoms with E-state index in [9.17, 15) is 4.79 Å². The van der Waals surface area contributed by atoms with Crippen LogP contribution < -0.4 is 5.32 Å². The highest BCUT2D eigenvalue weighted by atomic mass is 16.5. The molecule has 0 radical (unpaired) electrons. The zero-order valence-electron chi connectivity index (χ0n) is 11.8. The maximum Gasteiger partial charge on any atom is 0.227 e. The summed E-state index contributed by atoms with van der Waals surface area (Å²) in [6, 6.07) is 5.39. The molecule has 7 heteroatoms. The predicted octanol–water partition coefficient (Wildman–Crippen LogP) is 0.951. The van der Waals surface area contributed by atoms with Crippen LogP contribution >= 0.6 is 0 Å². The molecule has 0 aliphatic carbocycles. The van der Waals surface area contributed by atoms with Crippen LogP contribution in [0.4, 0.5) is 0 Å². The number of carbonyl (C=O) groups excluding carboxylic acids is 1. The maximum atomic E-state index is 11.7. The van der Waals surface area contributed by atoms with E-state index in [-0.39, 0.29) is 25.0 Å². The Morgan fingerprint density at radius 3 is 3.05 bits per heavy atom. The first-order valence-corrected chi connectivity index (χ1v) is 6.83. The Balaban J connectivity index is 1.84. The zero-order valence-corrected chi connectivity index (χ0v) is 11.8. The van der Waals surface area contributed by atoms with Crippen LogP contribution in [0.1, 0.15) is 25.7 Å². The zero-order chi connectivity index (χ0) is 15.1. The van der Waals surface area contributed by atoms with Crippen LogP contribution in [0.15, 0.2) is 28.9 Å². The number of amides is 1. The number of carbonyl (C=O) groups is 1. The van der Waals surface area contributed by atoms with Crippen molar-refractivity contribution in [1.82, 2.24) is 20.4 Å². The average molecular weight is 290 g/mol. The maximum absolute atomic E-state index is 11.7. The van der Waals surface area contributed by atoms with E-state index in [1.165, 1.54) is 0 Å². The van der Waals surface area contributed by atoms with E-state index in [0.717, 1.165) is 0 Å². The van der Waals surface area contributed by atoms with Crippen molar-refractivity contribution in [3.8, 4) is 11.5 Å². The van der Waals surface area contributed by atoms with Gasteiger partial charge in [0, 0.05) is 31.7 Å². The second-order valence-corrected chi connectivity index (χ2v) is 4.71. The Morgan fingerprint density at radius 2 is 2.33 bits per heavy atom. The van der Waals surface area contributed by atoms with Gasteiger partial charge in [-0.05, 0) is 25.5 Å². The van der Waals surface area contributed by atoms with Crippen molar-refractivity contribution in [2.45, 2.75) is 32.2 Å². The number of aromatic nitrogens is 3. The summed E-state index contributed by atoms with van der Waals surface area (Å²) in [5.74, 6) is 0.716. The number of nitrogens with one attached hydrogen (secondary N) is 1. The SMILES string of the molecule is CC(CCO)NC(=O)CCc1nc(-c2ccccn2)no1. The molecular weight excluding hydrogens is 272 g/mol. The molecule has 0 fully saturated rings. The largest absolute Gasteiger partial charge is 0.396 e. The first-order valence-electron chi connectivity index (χ1n) is 6.83. The number of hydrogen-bond acceptors (Lipinski definition) is 6. The summed E-state index contributed by atoms with van der Waals surface area (Å²) >= 11 is 0. The van der Waals surface area contributed by atoms with Crippen LogP contribution in [0.25, 0.3) is 11.5 Å². The Hall–Kier alpha value is -2.28. The van der Waals surface area contributed by atoms with Crippen LogP contribution in [0.5, 0.6) is 0 Å². The highest BCUT2D eigenvalue weighted by Gasteiger charge is 2.12. The van der Waals surface area contributed by atoms with Gasteiger partial charge in [0.1, 0.15) is 5.69 Å². The molecule has 2 aromatic rings. The first kappa shape index (κ1) is 15.1. The van der Waals surface area contributed by atoms with Crippen LogP contribution in [0.3, 0.4) is 0 Å². The minimum atomic E-state index is -0.103. The molecule has 7 nitrogen and oxygen atoms in total. The highest BCUT2D eigenvalue weighted by molar-refractivity contribution is 5.76. The predicted molar refractivity (Wildman–Crippen MR) is 75.2 cm³/mol. The standard InChI is InChI=1S/C14H18N4O3/c1-10(7-9-19)16-12(20)5-6-13-17-14(18-21-13)11-4-2-3-8-15-11/h2-4,8,10,19H,5-7,9H2,1H3,(H,16,20). The number of nitrogens with zero attached hydrogens (tertiary/aromatic N) is 3. The van der Waals surface area contributed by atoms with Gasteiger partial charge in [-0.1, -0.05) is 11.2 Å². The molecule has 0 saturated carbocycles. The summed E-state index contributed by atoms with van der Waals surface area (Å²) in [4.78, 5) is 20.0. The molecule has 0 aliphatic rings. The molecule has 0 saturated heterocycles. The van der Waals surface area contributed by atoms with Gasteiger partial charge in [-0.2, -0.15) is 4.98 Å². The fraction of sp³-hybridized carbons (Fsp3) is 0.429. The van der Waals surface area contributed by atoms with Crippen molar-refractivity contribution < 1.29 is 14.4 Å².